The molecule has 3 aromatic carbocycles. The van der Waals surface area contributed by atoms with Crippen molar-refractivity contribution in [3.63, 3.8) is 0 Å². The van der Waals surface area contributed by atoms with Gasteiger partial charge in [-0.3, -0.25) is 95.9 Å². The summed E-state index contributed by atoms with van der Waals surface area (Å²) >= 11 is 0. The minimum Gasteiger partial charge on any atom is -0.481 e. The number of amides is 15. The fourth-order valence-electron chi connectivity index (χ4n) is 12.9. The van der Waals surface area contributed by atoms with E-state index in [9.17, 15) is 126 Å². The van der Waals surface area contributed by atoms with Crippen molar-refractivity contribution >= 4 is 147 Å². The van der Waals surface area contributed by atoms with E-state index in [4.69, 9.17) is 16.2 Å². The number of primary amides is 1. The van der Waals surface area contributed by atoms with Gasteiger partial charge in [-0.25, -0.2) is 4.79 Å². The third kappa shape index (κ3) is 34.0. The van der Waals surface area contributed by atoms with Crippen LogP contribution in [0.4, 0.5) is 11.4 Å². The zero-order valence-corrected chi connectivity index (χ0v) is 69.2. The van der Waals surface area contributed by atoms with Crippen LogP contribution < -0.4 is 91.2 Å². The molecule has 1 aliphatic heterocycles. The second-order valence-corrected chi connectivity index (χ2v) is 29.5. The number of unbranched alkanes of at least 4 members (excludes halogenated alkanes) is 6. The van der Waals surface area contributed by atoms with Gasteiger partial charge in [-0.2, -0.15) is 0 Å². The van der Waals surface area contributed by atoms with Crippen molar-refractivity contribution in [1.29, 1.82) is 0 Å². The number of Topliss-reactive ketones (excluding diaryl/α,β-unsaturated/α-hetero) is 1. The lowest BCUT2D eigenvalue weighted by molar-refractivity contribution is -0.156. The Balaban J connectivity index is 1.64. The molecule has 13 atom stereocenters. The monoisotopic (exact) mass is 1750 g/mol. The summed E-state index contributed by atoms with van der Waals surface area (Å²) in [4.78, 5) is 293. The van der Waals surface area contributed by atoms with Crippen molar-refractivity contribution in [3.05, 3.63) is 95.7 Å². The number of carbonyl (C=O) groups is 21. The van der Waals surface area contributed by atoms with Gasteiger partial charge in [0.2, 0.25) is 82.7 Å². The molecule has 0 saturated carbocycles. The third-order valence-corrected chi connectivity index (χ3v) is 19.6. The molecule has 680 valence electrons. The van der Waals surface area contributed by atoms with Crippen LogP contribution in [0.3, 0.4) is 0 Å². The maximum absolute atomic E-state index is 15.0. The van der Waals surface area contributed by atoms with Crippen molar-refractivity contribution in [3.8, 4) is 0 Å². The van der Waals surface area contributed by atoms with Crippen molar-refractivity contribution in [2.45, 2.75) is 209 Å². The molecule has 45 nitrogen and oxygen atoms in total. The van der Waals surface area contributed by atoms with Gasteiger partial charge in [0.25, 0.3) is 5.91 Å². The average Bonchev–Trinajstić information content (AvgIpc) is 1.64. The van der Waals surface area contributed by atoms with Crippen LogP contribution in [0.15, 0.2) is 79.0 Å². The summed E-state index contributed by atoms with van der Waals surface area (Å²) in [7, 11) is 1.54. The van der Waals surface area contributed by atoms with E-state index in [1.807, 2.05) is 16.0 Å². The molecule has 125 heavy (non-hydrogen) atoms. The number of aliphatic hydroxyl groups is 1. The second-order valence-electron chi connectivity index (χ2n) is 29.5. The molecule has 0 radical (unpaired) electrons. The standard InChI is InChI=1S/C80H108N18O27/c1-6-7-8-9-10-11-12-27-60(102)90-51(30-43-36-85-49-25-18-14-20-44(43)49)74(118)93-52(32-59(82)101)75(119)95-55(35-66(111)112)76(120)98-68-42(4)125-80(124)56(31-58(100)45-21-13-16-23-47(45)81)96-79(123)67(40(2)29-63(105)106)97-77(121)57(39-99)91-62(104)37-86-71(115)53(33-64(107)108)92-69(113)41(3)88-73(117)54(34-65(109)110)94-72(116)50(89-61(103)38-87-78(68)122)26-19-28-84-70(114)46-22-15-17-24-48(46)83-5/h13-18,20-25,36,40-42,50-57,67-68,83,85,99H,6-12,19,26-35,37-39,81H2,1-5H3,(H2,82,101)(H,84,114)(H,86,115)(H,87,122)(H,88,117)(H,89,103)(H,90,102)(H,91,104)(H,92,113)(H,93,118)(H,94,116)(H,95,119)(H,96,123)(H,97,121)(H,98,120)(H,105,106)(H,107,108)(H,109,110)(H,111,112). The number of aliphatic carboxylic acids is 4. The Morgan fingerprint density at radius 3 is 1.70 bits per heavy atom. The van der Waals surface area contributed by atoms with Crippen molar-refractivity contribution in [2.24, 2.45) is 11.7 Å². The summed E-state index contributed by atoms with van der Waals surface area (Å²) < 4.78 is 5.73. The first-order chi connectivity index (χ1) is 59.2. The first-order valence-electron chi connectivity index (χ1n) is 40.1. The predicted molar refractivity (Wildman–Crippen MR) is 440 cm³/mol. The largest absolute Gasteiger partial charge is 0.481 e. The maximum atomic E-state index is 15.0. The van der Waals surface area contributed by atoms with E-state index in [-0.39, 0.29) is 42.6 Å². The minimum absolute atomic E-state index is 0.0301. The summed E-state index contributed by atoms with van der Waals surface area (Å²) in [6.07, 6.45) is -2.89. The van der Waals surface area contributed by atoms with Gasteiger partial charge in [0.05, 0.1) is 57.4 Å². The lowest BCUT2D eigenvalue weighted by Gasteiger charge is -2.30. The number of aromatic nitrogens is 1. The lowest BCUT2D eigenvalue weighted by atomic mass is 9.96. The number of rotatable bonds is 38. The van der Waals surface area contributed by atoms with Gasteiger partial charge in [-0.15, -0.1) is 0 Å². The smallest absolute Gasteiger partial charge is 0.329 e. The molecule has 1 aromatic heterocycles. The Kier molecular flexibility index (Phi) is 41.3. The molecule has 0 aliphatic carbocycles. The number of cyclic esters (lactones) is 1. The first-order valence-corrected chi connectivity index (χ1v) is 40.1. The van der Waals surface area contributed by atoms with Gasteiger partial charge in [0.15, 0.2) is 5.78 Å². The predicted octanol–water partition coefficient (Wildman–Crippen LogP) is -4.11. The van der Waals surface area contributed by atoms with Crippen LogP contribution in [0.2, 0.25) is 0 Å². The first kappa shape index (κ1) is 101. The number of ketones is 1. The number of nitrogens with one attached hydrogen (secondary N) is 16. The van der Waals surface area contributed by atoms with Gasteiger partial charge in [0.1, 0.15) is 72.6 Å². The molecule has 5 rings (SSSR count). The average molecular weight is 1750 g/mol. The Morgan fingerprint density at radius 2 is 1.08 bits per heavy atom. The number of H-pyrrole nitrogens is 1. The number of fused-ring (bicyclic) bond motifs is 1. The normalized spacial score (nSPS) is 20.3. The number of carbonyl (C=O) groups excluding carboxylic acids is 17. The highest BCUT2D eigenvalue weighted by Gasteiger charge is 2.41. The minimum atomic E-state index is -2.50. The highest BCUT2D eigenvalue weighted by molar-refractivity contribution is 6.06. The summed E-state index contributed by atoms with van der Waals surface area (Å²) in [5, 5.41) is 84.7. The van der Waals surface area contributed by atoms with Crippen LogP contribution in [-0.2, 0) is 102 Å². The summed E-state index contributed by atoms with van der Waals surface area (Å²) in [5.74, 6) is -30.9. The molecule has 0 bridgehead atoms. The Bertz CT molecular complexity index is 4600. The molecular weight excluding hydrogens is 1640 g/mol. The van der Waals surface area contributed by atoms with Gasteiger partial charge < -0.3 is 126 Å². The zero-order valence-electron chi connectivity index (χ0n) is 69.2. The second kappa shape index (κ2) is 50.9. The molecule has 15 amide bonds. The van der Waals surface area contributed by atoms with Crippen LogP contribution >= 0.6 is 0 Å². The number of carboxylic acid groups (broad SMARTS) is 4. The van der Waals surface area contributed by atoms with Crippen LogP contribution in [0, 0.1) is 5.92 Å². The van der Waals surface area contributed by atoms with E-state index in [1.165, 1.54) is 37.4 Å². The van der Waals surface area contributed by atoms with Gasteiger partial charge in [-0.05, 0) is 74.9 Å². The molecular formula is C80H108N18O27. The molecule has 25 N–H and O–H groups in total. The number of aromatic amines is 1. The molecule has 45 heteroatoms. The third-order valence-electron chi connectivity index (χ3n) is 19.6. The Labute approximate surface area is 715 Å². The SMILES string of the molecule is CCCCCCCCCC(=O)NC(Cc1c[nH]c2ccccc12)C(=O)NC(CC(N)=O)C(=O)NC(CC(=O)O)C(=O)NC1C(=O)NCC(=O)NC(CCCNC(=O)c2ccccc2NC)C(=O)NC(CC(=O)O)C(=O)NC(C)C(=O)NC(CC(=O)O)C(=O)NCC(=O)NC(CO)C(=O)NC(C(C)CC(=O)O)C(=O)NC(CC(=O)c2ccccc2N)C(=O)OC1C. The number of carboxylic acids is 4. The molecule has 4 aromatic rings. The molecule has 1 fully saturated rings. The van der Waals surface area contributed by atoms with E-state index >= 15 is 0 Å². The van der Waals surface area contributed by atoms with Crippen LogP contribution in [0.5, 0.6) is 0 Å². The number of aliphatic hydroxyl groups excluding tert-OH is 1. The maximum Gasteiger partial charge on any atom is 0.329 e. The number of benzene rings is 3. The fourth-order valence-corrected chi connectivity index (χ4v) is 12.9. The van der Waals surface area contributed by atoms with Gasteiger partial charge >= 0.3 is 29.8 Å². The zero-order chi connectivity index (χ0) is 92.7. The van der Waals surface area contributed by atoms with Crippen LogP contribution in [-0.4, -0.2) is 261 Å². The highest BCUT2D eigenvalue weighted by Crippen LogP contribution is 2.22. The Morgan fingerprint density at radius 1 is 0.536 bits per heavy atom. The fraction of sp³-hybridized carbons (Fsp3) is 0.487. The number of hydrogen-bond acceptors (Lipinski definition) is 25. The summed E-state index contributed by atoms with van der Waals surface area (Å²) in [6.45, 7) is 0.890. The number of anilines is 2. The van der Waals surface area contributed by atoms with E-state index in [0.717, 1.165) is 52.9 Å². The summed E-state index contributed by atoms with van der Waals surface area (Å²) in [6, 6.07) is -4.81. The number of nitrogens with two attached hydrogens (primary N) is 2. The van der Waals surface area contributed by atoms with Crippen LogP contribution in [0.25, 0.3) is 10.9 Å². The quantitative estimate of drug-likeness (QED) is 0.00877. The van der Waals surface area contributed by atoms with E-state index in [0.29, 0.717) is 35.0 Å². The van der Waals surface area contributed by atoms with Crippen molar-refractivity contribution < 1.29 is 131 Å². The van der Waals surface area contributed by atoms with Gasteiger partial charge in [-0.1, -0.05) is 94.8 Å². The number of esters is 1. The molecule has 0 spiro atoms. The molecule has 2 heterocycles. The molecule has 1 aliphatic rings. The van der Waals surface area contributed by atoms with E-state index in [1.54, 1.807) is 48.7 Å². The van der Waals surface area contributed by atoms with E-state index in [2.05, 4.69) is 75.7 Å². The number of ether oxygens (including phenoxy) is 1. The molecule has 13 unspecified atom stereocenters. The van der Waals surface area contributed by atoms with Crippen molar-refractivity contribution in [2.75, 3.05) is 44.3 Å². The lowest BCUT2D eigenvalue weighted by Crippen LogP contribution is -2.62. The molecule has 1 saturated heterocycles. The van der Waals surface area contributed by atoms with Crippen LogP contribution in [0.1, 0.15) is 157 Å². The summed E-state index contributed by atoms with van der Waals surface area (Å²) in [5.41, 5.74) is 12.9. The number of para-hydroxylation sites is 3. The number of hydrogen-bond donors (Lipinski definition) is 23. The van der Waals surface area contributed by atoms with E-state index < -0.39 is 267 Å². The van der Waals surface area contributed by atoms with Gasteiger partial charge in [0, 0.05) is 66.9 Å². The van der Waals surface area contributed by atoms with Crippen molar-refractivity contribution in [1.82, 2.24) is 79.4 Å². The highest BCUT2D eigenvalue weighted by atomic mass is 16.5. The topological polar surface area (TPSA) is 717 Å². The Hall–Kier alpha value is -14.2. The number of nitrogen functional groups attached to an aromatic ring is 1.